The van der Waals surface area contributed by atoms with Crippen molar-refractivity contribution in [3.05, 3.63) is 64.3 Å². The first-order valence-electron chi connectivity index (χ1n) is 8.46. The molecule has 0 aromatic heterocycles. The number of carbonyl (C=O) groups excluding carboxylic acids is 2. The van der Waals surface area contributed by atoms with Gasteiger partial charge in [0.2, 0.25) is 5.91 Å². The Hall–Kier alpha value is -2.60. The van der Waals surface area contributed by atoms with E-state index in [9.17, 15) is 9.59 Å². The molecule has 1 aliphatic carbocycles. The maximum atomic E-state index is 13.0. The Morgan fingerprint density at radius 2 is 1.92 bits per heavy atom. The van der Waals surface area contributed by atoms with Gasteiger partial charge >= 0.3 is 0 Å². The molecule has 0 radical (unpaired) electrons. The number of fused-ring (bicyclic) bond motifs is 1. The molecule has 0 unspecified atom stereocenters. The molecule has 1 fully saturated rings. The summed E-state index contributed by atoms with van der Waals surface area (Å²) >= 11 is 3.48. The first-order chi connectivity index (χ1) is 12.6. The second-order valence-corrected chi connectivity index (χ2v) is 7.19. The molecule has 26 heavy (non-hydrogen) atoms. The van der Waals surface area contributed by atoms with Crippen LogP contribution in [0.2, 0.25) is 0 Å². The van der Waals surface area contributed by atoms with Crippen LogP contribution in [0, 0.1) is 0 Å². The number of nitrogens with one attached hydrogen (secondary N) is 1. The number of hydrogen-bond donors (Lipinski definition) is 1. The van der Waals surface area contributed by atoms with Crippen molar-refractivity contribution in [1.82, 2.24) is 5.32 Å². The van der Waals surface area contributed by atoms with E-state index in [-0.39, 0.29) is 30.2 Å². The van der Waals surface area contributed by atoms with Crippen molar-refractivity contribution < 1.29 is 14.3 Å². The van der Waals surface area contributed by atoms with Gasteiger partial charge in [-0.3, -0.25) is 14.5 Å². The van der Waals surface area contributed by atoms with E-state index >= 15 is 0 Å². The van der Waals surface area contributed by atoms with Crippen LogP contribution in [0.3, 0.4) is 0 Å². The van der Waals surface area contributed by atoms with E-state index in [0.717, 1.165) is 22.9 Å². The number of ether oxygens (including phenoxy) is 1. The van der Waals surface area contributed by atoms with Gasteiger partial charge in [-0.25, -0.2) is 0 Å². The second-order valence-electron chi connectivity index (χ2n) is 6.33. The molecule has 2 aliphatic rings. The van der Waals surface area contributed by atoms with Gasteiger partial charge in [0.15, 0.2) is 11.5 Å². The van der Waals surface area contributed by atoms with Crippen molar-refractivity contribution in [3.8, 4) is 5.75 Å². The maximum Gasteiger partial charge on any atom is 0.294 e. The fourth-order valence-corrected chi connectivity index (χ4v) is 3.20. The zero-order valence-electron chi connectivity index (χ0n) is 13.9. The Balaban J connectivity index is 1.67. The molecule has 132 valence electrons. The zero-order valence-corrected chi connectivity index (χ0v) is 15.5. The largest absolute Gasteiger partial charge is 0.449 e. The molecular formula is C20H17BrN2O3. The summed E-state index contributed by atoms with van der Waals surface area (Å²) < 4.78 is 6.69. The SMILES string of the molecule is O=C(CN1C(=O)/C(=C\c2ccccc2Br)Oc2ccccc21)NC1CC1. The number of carbonyl (C=O) groups is 2. The Bertz CT molecular complexity index is 905. The summed E-state index contributed by atoms with van der Waals surface area (Å²) in [5.41, 5.74) is 1.44. The van der Waals surface area contributed by atoms with Crippen LogP contribution in [0.1, 0.15) is 18.4 Å². The Kier molecular flexibility index (Phi) is 4.51. The summed E-state index contributed by atoms with van der Waals surface area (Å²) in [7, 11) is 0. The summed E-state index contributed by atoms with van der Waals surface area (Å²) in [6, 6.07) is 15.1. The Morgan fingerprint density at radius 1 is 1.19 bits per heavy atom. The van der Waals surface area contributed by atoms with Gasteiger partial charge in [0.25, 0.3) is 5.91 Å². The highest BCUT2D eigenvalue weighted by atomic mass is 79.9. The fourth-order valence-electron chi connectivity index (χ4n) is 2.80. The number of anilines is 1. The van der Waals surface area contributed by atoms with Crippen molar-refractivity contribution in [1.29, 1.82) is 0 Å². The maximum absolute atomic E-state index is 13.0. The third kappa shape index (κ3) is 3.51. The lowest BCUT2D eigenvalue weighted by molar-refractivity contribution is -0.123. The quantitative estimate of drug-likeness (QED) is 0.781. The van der Waals surface area contributed by atoms with Crippen LogP contribution in [-0.4, -0.2) is 24.4 Å². The minimum atomic E-state index is -0.328. The molecule has 1 aliphatic heterocycles. The molecule has 5 nitrogen and oxygen atoms in total. The highest BCUT2D eigenvalue weighted by molar-refractivity contribution is 9.10. The summed E-state index contributed by atoms with van der Waals surface area (Å²) in [6.07, 6.45) is 3.70. The lowest BCUT2D eigenvalue weighted by Crippen LogP contribution is -2.44. The molecule has 0 spiro atoms. The minimum Gasteiger partial charge on any atom is -0.449 e. The first kappa shape index (κ1) is 16.8. The lowest BCUT2D eigenvalue weighted by Gasteiger charge is -2.30. The molecule has 2 aromatic carbocycles. The molecule has 1 heterocycles. The molecule has 6 heteroatoms. The Labute approximate surface area is 159 Å². The van der Waals surface area contributed by atoms with Crippen LogP contribution < -0.4 is 15.0 Å². The van der Waals surface area contributed by atoms with Crippen molar-refractivity contribution >= 4 is 39.5 Å². The van der Waals surface area contributed by atoms with Crippen molar-refractivity contribution in [2.24, 2.45) is 0 Å². The van der Waals surface area contributed by atoms with E-state index in [0.29, 0.717) is 11.4 Å². The third-order valence-corrected chi connectivity index (χ3v) is 4.99. The molecule has 0 bridgehead atoms. The van der Waals surface area contributed by atoms with Crippen molar-refractivity contribution in [2.45, 2.75) is 18.9 Å². The van der Waals surface area contributed by atoms with Gasteiger partial charge in [-0.15, -0.1) is 0 Å². The van der Waals surface area contributed by atoms with Gasteiger partial charge in [-0.1, -0.05) is 46.3 Å². The van der Waals surface area contributed by atoms with Crippen LogP contribution in [0.4, 0.5) is 5.69 Å². The van der Waals surface area contributed by atoms with Crippen LogP contribution in [0.25, 0.3) is 6.08 Å². The smallest absolute Gasteiger partial charge is 0.294 e. The summed E-state index contributed by atoms with van der Waals surface area (Å²) in [5.74, 6) is 0.266. The predicted molar refractivity (Wildman–Crippen MR) is 103 cm³/mol. The average molecular weight is 413 g/mol. The zero-order chi connectivity index (χ0) is 18.1. The number of rotatable bonds is 4. The van der Waals surface area contributed by atoms with Crippen LogP contribution >= 0.6 is 15.9 Å². The van der Waals surface area contributed by atoms with E-state index in [2.05, 4.69) is 21.2 Å². The van der Waals surface area contributed by atoms with E-state index < -0.39 is 0 Å². The van der Waals surface area contributed by atoms with E-state index in [4.69, 9.17) is 4.74 Å². The molecule has 4 rings (SSSR count). The van der Waals surface area contributed by atoms with Gasteiger partial charge < -0.3 is 10.1 Å². The van der Waals surface area contributed by atoms with Crippen molar-refractivity contribution in [3.63, 3.8) is 0 Å². The number of benzene rings is 2. The third-order valence-electron chi connectivity index (χ3n) is 4.27. The van der Waals surface area contributed by atoms with Gasteiger partial charge in [0.05, 0.1) is 5.69 Å². The Morgan fingerprint density at radius 3 is 2.69 bits per heavy atom. The molecule has 2 aromatic rings. The van der Waals surface area contributed by atoms with Crippen LogP contribution in [0.5, 0.6) is 5.75 Å². The number of nitrogens with zero attached hydrogens (tertiary/aromatic N) is 1. The van der Waals surface area contributed by atoms with Gasteiger partial charge in [0, 0.05) is 10.5 Å². The summed E-state index contributed by atoms with van der Waals surface area (Å²) in [6.45, 7) is -0.0248. The highest BCUT2D eigenvalue weighted by Gasteiger charge is 2.33. The predicted octanol–water partition coefficient (Wildman–Crippen LogP) is 3.49. The monoisotopic (exact) mass is 412 g/mol. The molecule has 1 N–H and O–H groups in total. The second kappa shape index (κ2) is 6.96. The average Bonchev–Trinajstić information content (AvgIpc) is 3.44. The number of amides is 2. The number of hydrogen-bond acceptors (Lipinski definition) is 3. The summed E-state index contributed by atoms with van der Waals surface area (Å²) in [4.78, 5) is 26.7. The van der Waals surface area contributed by atoms with Crippen LogP contribution in [-0.2, 0) is 9.59 Å². The highest BCUT2D eigenvalue weighted by Crippen LogP contribution is 2.36. The van der Waals surface area contributed by atoms with Crippen LogP contribution in [0.15, 0.2) is 58.8 Å². The standard InChI is InChI=1S/C20H17BrN2O3/c21-15-6-2-1-5-13(15)11-18-20(25)23(12-19(24)22-14-9-10-14)16-7-3-4-8-17(16)26-18/h1-8,11,14H,9-10,12H2,(H,22,24)/b18-11+. The lowest BCUT2D eigenvalue weighted by atomic mass is 10.1. The molecule has 1 saturated carbocycles. The van der Waals surface area contributed by atoms with E-state index in [1.54, 1.807) is 18.2 Å². The normalized spacial score (nSPS) is 17.7. The summed E-state index contributed by atoms with van der Waals surface area (Å²) in [5, 5.41) is 2.93. The number of halogens is 1. The number of para-hydroxylation sites is 2. The topological polar surface area (TPSA) is 58.6 Å². The van der Waals surface area contributed by atoms with Crippen molar-refractivity contribution in [2.75, 3.05) is 11.4 Å². The first-order valence-corrected chi connectivity index (χ1v) is 9.25. The fraction of sp³-hybridized carbons (Fsp3) is 0.200. The van der Waals surface area contributed by atoms with Gasteiger partial charge in [-0.2, -0.15) is 0 Å². The molecule has 2 amide bonds. The minimum absolute atomic E-state index is 0.0248. The van der Waals surface area contributed by atoms with Gasteiger partial charge in [0.1, 0.15) is 6.54 Å². The van der Waals surface area contributed by atoms with E-state index in [1.807, 2.05) is 36.4 Å². The molecule has 0 atom stereocenters. The van der Waals surface area contributed by atoms with E-state index in [1.165, 1.54) is 4.90 Å². The molecule has 0 saturated heterocycles. The molecular weight excluding hydrogens is 396 g/mol. The van der Waals surface area contributed by atoms with Gasteiger partial charge in [-0.05, 0) is 42.7 Å².